The number of hydrogen-bond donors (Lipinski definition) is 1. The van der Waals surface area contributed by atoms with E-state index >= 15 is 0 Å². The van der Waals surface area contributed by atoms with Crippen molar-refractivity contribution in [2.24, 2.45) is 0 Å². The first-order valence-corrected chi connectivity index (χ1v) is 8.43. The number of ether oxygens (including phenoxy) is 2. The molecule has 120 valence electrons. The minimum atomic E-state index is -0.425. The highest BCUT2D eigenvalue weighted by molar-refractivity contribution is 9.10. The topological polar surface area (TPSA) is 50.8 Å². The fourth-order valence-electron chi connectivity index (χ4n) is 2.87. The second-order valence-corrected chi connectivity index (χ2v) is 6.66. The van der Waals surface area contributed by atoms with E-state index in [-0.39, 0.29) is 5.91 Å². The minimum absolute atomic E-state index is 0.115. The Morgan fingerprint density at radius 3 is 2.64 bits per heavy atom. The van der Waals surface area contributed by atoms with Crippen molar-refractivity contribution in [3.8, 4) is 0 Å². The van der Waals surface area contributed by atoms with Gasteiger partial charge in [-0.2, -0.15) is 0 Å². The molecule has 0 atom stereocenters. The van der Waals surface area contributed by atoms with E-state index in [1.807, 2.05) is 30.0 Å². The number of anilines is 1. The quantitative estimate of drug-likeness (QED) is 0.890. The van der Waals surface area contributed by atoms with Crippen LogP contribution in [0.1, 0.15) is 18.4 Å². The predicted molar refractivity (Wildman–Crippen MR) is 87.8 cm³/mol. The number of piperidine rings is 1. The van der Waals surface area contributed by atoms with Crippen molar-refractivity contribution in [2.45, 2.75) is 25.6 Å². The summed E-state index contributed by atoms with van der Waals surface area (Å²) in [6.07, 6.45) is 1.52. The van der Waals surface area contributed by atoms with Crippen LogP contribution in [0.3, 0.4) is 0 Å². The van der Waals surface area contributed by atoms with Gasteiger partial charge in [-0.25, -0.2) is 0 Å². The molecule has 2 aliphatic rings. The van der Waals surface area contributed by atoms with Gasteiger partial charge in [0, 0.05) is 36.1 Å². The number of rotatable bonds is 3. The first kappa shape index (κ1) is 15.8. The van der Waals surface area contributed by atoms with Crippen molar-refractivity contribution in [3.05, 3.63) is 28.2 Å². The van der Waals surface area contributed by atoms with Crippen molar-refractivity contribution in [1.82, 2.24) is 4.90 Å². The number of nitrogens with zero attached hydrogens (tertiary/aromatic N) is 1. The average Bonchev–Trinajstić information content (AvgIpc) is 2.97. The number of benzene rings is 1. The first-order valence-electron chi connectivity index (χ1n) is 7.64. The van der Waals surface area contributed by atoms with Crippen molar-refractivity contribution in [3.63, 3.8) is 0 Å². The van der Waals surface area contributed by atoms with Gasteiger partial charge in [-0.1, -0.05) is 22.0 Å². The number of carbonyl (C=O) groups is 1. The summed E-state index contributed by atoms with van der Waals surface area (Å²) in [6, 6.07) is 6.00. The summed E-state index contributed by atoms with van der Waals surface area (Å²) < 4.78 is 12.4. The number of nitrogens with one attached hydrogen (secondary N) is 1. The highest BCUT2D eigenvalue weighted by Crippen LogP contribution is 2.31. The maximum atomic E-state index is 12.3. The van der Waals surface area contributed by atoms with Crippen LogP contribution in [0.15, 0.2) is 22.7 Å². The molecule has 22 heavy (non-hydrogen) atoms. The Morgan fingerprint density at radius 2 is 2.00 bits per heavy atom. The molecule has 1 N–H and O–H groups in total. The molecule has 1 aromatic rings. The summed E-state index contributed by atoms with van der Waals surface area (Å²) >= 11 is 3.50. The van der Waals surface area contributed by atoms with Gasteiger partial charge in [-0.05, 0) is 24.6 Å². The summed E-state index contributed by atoms with van der Waals surface area (Å²) in [5.41, 5.74) is 2.12. The molecule has 2 heterocycles. The molecule has 0 unspecified atom stereocenters. The Balaban J connectivity index is 1.49. The molecule has 0 saturated carbocycles. The molecule has 1 spiro atoms. The Morgan fingerprint density at radius 1 is 1.32 bits per heavy atom. The largest absolute Gasteiger partial charge is 0.376 e. The van der Waals surface area contributed by atoms with Gasteiger partial charge in [0.25, 0.3) is 0 Å². The third-order valence-electron chi connectivity index (χ3n) is 4.31. The van der Waals surface area contributed by atoms with Crippen molar-refractivity contribution in [2.75, 3.05) is 38.2 Å². The van der Waals surface area contributed by atoms with E-state index in [9.17, 15) is 4.79 Å². The number of carbonyl (C=O) groups excluding carboxylic acids is 1. The van der Waals surface area contributed by atoms with E-state index < -0.39 is 5.79 Å². The van der Waals surface area contributed by atoms with Crippen LogP contribution < -0.4 is 5.32 Å². The molecule has 1 aromatic carbocycles. The molecule has 0 aliphatic carbocycles. The molecule has 2 saturated heterocycles. The van der Waals surface area contributed by atoms with Crippen LogP contribution in [0.2, 0.25) is 0 Å². The van der Waals surface area contributed by atoms with Gasteiger partial charge in [-0.15, -0.1) is 0 Å². The first-order chi connectivity index (χ1) is 10.6. The van der Waals surface area contributed by atoms with Crippen molar-refractivity contribution < 1.29 is 14.3 Å². The SMILES string of the molecule is Cc1ccc(NCC(=O)N2CCC3(CC2)OCCO3)cc1Br. The fourth-order valence-corrected chi connectivity index (χ4v) is 3.25. The standard InChI is InChI=1S/C16H21BrN2O3/c1-12-2-3-13(10-14(12)17)18-11-15(20)19-6-4-16(5-7-19)21-8-9-22-16/h2-3,10,18H,4-9,11H2,1H3. The Bertz CT molecular complexity index is 548. The summed E-state index contributed by atoms with van der Waals surface area (Å²) in [5, 5.41) is 3.19. The molecular formula is C16H21BrN2O3. The summed E-state index contributed by atoms with van der Waals surface area (Å²) in [4.78, 5) is 14.2. The molecular weight excluding hydrogens is 348 g/mol. The third kappa shape index (κ3) is 3.45. The Hall–Kier alpha value is -1.11. The third-order valence-corrected chi connectivity index (χ3v) is 5.16. The molecule has 0 bridgehead atoms. The van der Waals surface area contributed by atoms with E-state index in [1.165, 1.54) is 5.56 Å². The van der Waals surface area contributed by atoms with Crippen LogP contribution in [0, 0.1) is 6.92 Å². The Labute approximate surface area is 139 Å². The lowest BCUT2D eigenvalue weighted by Crippen LogP contribution is -2.48. The number of aryl methyl sites for hydroxylation is 1. The molecule has 2 fully saturated rings. The number of amides is 1. The van der Waals surface area contributed by atoms with E-state index in [2.05, 4.69) is 21.2 Å². The van der Waals surface area contributed by atoms with E-state index in [1.54, 1.807) is 0 Å². The normalized spacial score (nSPS) is 20.4. The highest BCUT2D eigenvalue weighted by Gasteiger charge is 2.40. The van der Waals surface area contributed by atoms with Crippen LogP contribution in [0.25, 0.3) is 0 Å². The molecule has 6 heteroatoms. The highest BCUT2D eigenvalue weighted by atomic mass is 79.9. The zero-order chi connectivity index (χ0) is 15.6. The fraction of sp³-hybridized carbons (Fsp3) is 0.562. The van der Waals surface area contributed by atoms with Crippen LogP contribution in [0.4, 0.5) is 5.69 Å². The number of halogens is 1. The summed E-state index contributed by atoms with van der Waals surface area (Å²) in [5.74, 6) is -0.309. The predicted octanol–water partition coefficient (Wildman–Crippen LogP) is 2.53. The average molecular weight is 369 g/mol. The van der Waals surface area contributed by atoms with E-state index in [0.29, 0.717) is 32.8 Å². The zero-order valence-corrected chi connectivity index (χ0v) is 14.3. The lowest BCUT2D eigenvalue weighted by molar-refractivity contribution is -0.187. The summed E-state index contributed by atoms with van der Waals surface area (Å²) in [7, 11) is 0. The monoisotopic (exact) mass is 368 g/mol. The van der Waals surface area contributed by atoms with E-state index in [0.717, 1.165) is 23.0 Å². The van der Waals surface area contributed by atoms with Gasteiger partial charge in [0.1, 0.15) is 0 Å². The molecule has 0 aromatic heterocycles. The van der Waals surface area contributed by atoms with Gasteiger partial charge in [0.15, 0.2) is 5.79 Å². The van der Waals surface area contributed by atoms with E-state index in [4.69, 9.17) is 9.47 Å². The lowest BCUT2D eigenvalue weighted by atomic mass is 10.0. The Kier molecular flexibility index (Phi) is 4.70. The van der Waals surface area contributed by atoms with Gasteiger partial charge < -0.3 is 19.7 Å². The second kappa shape index (κ2) is 6.56. The van der Waals surface area contributed by atoms with Crippen LogP contribution in [-0.4, -0.2) is 49.4 Å². The van der Waals surface area contributed by atoms with Crippen LogP contribution in [-0.2, 0) is 14.3 Å². The second-order valence-electron chi connectivity index (χ2n) is 5.81. The van der Waals surface area contributed by atoms with Crippen LogP contribution in [0.5, 0.6) is 0 Å². The molecule has 0 radical (unpaired) electrons. The number of likely N-dealkylation sites (tertiary alicyclic amines) is 1. The molecule has 3 rings (SSSR count). The van der Waals surface area contributed by atoms with Crippen molar-refractivity contribution in [1.29, 1.82) is 0 Å². The van der Waals surface area contributed by atoms with Gasteiger partial charge in [0.05, 0.1) is 19.8 Å². The van der Waals surface area contributed by atoms with Crippen molar-refractivity contribution >= 4 is 27.5 Å². The lowest BCUT2D eigenvalue weighted by Gasteiger charge is -2.37. The molecule has 2 aliphatic heterocycles. The minimum Gasteiger partial charge on any atom is -0.376 e. The maximum Gasteiger partial charge on any atom is 0.241 e. The summed E-state index contributed by atoms with van der Waals surface area (Å²) in [6.45, 7) is 5.06. The van der Waals surface area contributed by atoms with Gasteiger partial charge >= 0.3 is 0 Å². The van der Waals surface area contributed by atoms with Gasteiger partial charge in [0.2, 0.25) is 5.91 Å². The maximum absolute atomic E-state index is 12.3. The zero-order valence-electron chi connectivity index (χ0n) is 12.7. The van der Waals surface area contributed by atoms with Crippen LogP contribution >= 0.6 is 15.9 Å². The molecule has 5 nitrogen and oxygen atoms in total. The number of hydrogen-bond acceptors (Lipinski definition) is 4. The smallest absolute Gasteiger partial charge is 0.241 e. The van der Waals surface area contributed by atoms with Gasteiger partial charge in [-0.3, -0.25) is 4.79 Å². The molecule has 1 amide bonds.